The van der Waals surface area contributed by atoms with E-state index in [1.807, 2.05) is 0 Å². The SMILES string of the molecule is CNC(=O)c1ccc(OC)c(NS(=O)(=O)c2cc(Cl)ccc2Cl)c1. The summed E-state index contributed by atoms with van der Waals surface area (Å²) in [5.74, 6) is -0.108. The highest BCUT2D eigenvalue weighted by molar-refractivity contribution is 7.92. The maximum atomic E-state index is 12.6. The number of hydrogen-bond donors (Lipinski definition) is 2. The van der Waals surface area contributed by atoms with Crippen LogP contribution in [0.1, 0.15) is 10.4 Å². The first-order valence-electron chi connectivity index (χ1n) is 6.66. The summed E-state index contributed by atoms with van der Waals surface area (Å²) in [5.41, 5.74) is 0.378. The topological polar surface area (TPSA) is 84.5 Å². The zero-order valence-electron chi connectivity index (χ0n) is 12.8. The molecule has 0 saturated carbocycles. The number of carbonyl (C=O) groups is 1. The lowest BCUT2D eigenvalue weighted by Crippen LogP contribution is -2.19. The molecule has 0 radical (unpaired) electrons. The van der Waals surface area contributed by atoms with E-state index in [1.165, 1.54) is 50.6 Å². The number of halogens is 2. The fraction of sp³-hybridized carbons (Fsp3) is 0.133. The standard InChI is InChI=1S/C15H14Cl2N2O4S/c1-18-15(20)9-3-6-13(23-2)12(7-9)19-24(21,22)14-8-10(16)4-5-11(14)17/h3-8,19H,1-2H3,(H,18,20). The van der Waals surface area contributed by atoms with Crippen LogP contribution in [0.2, 0.25) is 10.0 Å². The van der Waals surface area contributed by atoms with Crippen LogP contribution in [0.15, 0.2) is 41.3 Å². The number of methoxy groups -OCH3 is 1. The Hall–Kier alpha value is -1.96. The minimum Gasteiger partial charge on any atom is -0.495 e. The summed E-state index contributed by atoms with van der Waals surface area (Å²) in [6.07, 6.45) is 0. The first-order chi connectivity index (χ1) is 11.3. The molecule has 0 atom stereocenters. The highest BCUT2D eigenvalue weighted by Gasteiger charge is 2.21. The molecule has 2 rings (SSSR count). The maximum Gasteiger partial charge on any atom is 0.263 e. The molecule has 1 amide bonds. The minimum absolute atomic E-state index is 0.0216. The van der Waals surface area contributed by atoms with Crippen LogP contribution in [0.3, 0.4) is 0 Å². The fourth-order valence-electron chi connectivity index (χ4n) is 1.96. The van der Waals surface area contributed by atoms with Crippen molar-refractivity contribution in [2.75, 3.05) is 18.9 Å². The summed E-state index contributed by atoms with van der Waals surface area (Å²) < 4.78 is 32.7. The highest BCUT2D eigenvalue weighted by atomic mass is 35.5. The number of sulfonamides is 1. The van der Waals surface area contributed by atoms with Gasteiger partial charge in [0.15, 0.2) is 0 Å². The fourth-order valence-corrected chi connectivity index (χ4v) is 3.78. The third-order valence-electron chi connectivity index (χ3n) is 3.12. The van der Waals surface area contributed by atoms with E-state index in [2.05, 4.69) is 10.0 Å². The van der Waals surface area contributed by atoms with Crippen LogP contribution < -0.4 is 14.8 Å². The average molecular weight is 389 g/mol. The quantitative estimate of drug-likeness (QED) is 0.823. The third-order valence-corrected chi connectivity index (χ3v) is 5.20. The van der Waals surface area contributed by atoms with E-state index in [0.717, 1.165) is 0 Å². The first kappa shape index (κ1) is 18.4. The number of hydrogen-bond acceptors (Lipinski definition) is 4. The Balaban J connectivity index is 2.48. The van der Waals surface area contributed by atoms with Gasteiger partial charge in [0.25, 0.3) is 15.9 Å². The molecular weight excluding hydrogens is 375 g/mol. The third kappa shape index (κ3) is 3.92. The first-order valence-corrected chi connectivity index (χ1v) is 8.90. The molecule has 24 heavy (non-hydrogen) atoms. The number of ether oxygens (including phenoxy) is 1. The number of anilines is 1. The monoisotopic (exact) mass is 388 g/mol. The Morgan fingerprint density at radius 2 is 1.83 bits per heavy atom. The van der Waals surface area contributed by atoms with Gasteiger partial charge in [0.1, 0.15) is 10.6 Å². The summed E-state index contributed by atoms with van der Waals surface area (Å²) in [6.45, 7) is 0. The van der Waals surface area contributed by atoms with Crippen LogP contribution >= 0.6 is 23.2 Å². The average Bonchev–Trinajstić information content (AvgIpc) is 2.55. The molecule has 0 spiro atoms. The number of carbonyl (C=O) groups excluding carboxylic acids is 1. The van der Waals surface area contributed by atoms with Crippen LogP contribution in [0, 0.1) is 0 Å². The lowest BCUT2D eigenvalue weighted by molar-refractivity contribution is 0.0963. The molecule has 2 aromatic rings. The molecule has 6 nitrogen and oxygen atoms in total. The molecule has 0 aliphatic carbocycles. The van der Waals surface area contributed by atoms with Crippen molar-refractivity contribution in [3.63, 3.8) is 0 Å². The summed E-state index contributed by atoms with van der Waals surface area (Å²) in [6, 6.07) is 8.48. The van der Waals surface area contributed by atoms with Crippen molar-refractivity contribution >= 4 is 44.8 Å². The maximum absolute atomic E-state index is 12.6. The van der Waals surface area contributed by atoms with Crippen molar-refractivity contribution in [3.05, 3.63) is 52.0 Å². The van der Waals surface area contributed by atoms with Crippen molar-refractivity contribution in [2.45, 2.75) is 4.90 Å². The zero-order chi connectivity index (χ0) is 17.9. The van der Waals surface area contributed by atoms with E-state index in [0.29, 0.717) is 0 Å². The van der Waals surface area contributed by atoms with Gasteiger partial charge in [0, 0.05) is 17.6 Å². The van der Waals surface area contributed by atoms with Gasteiger partial charge >= 0.3 is 0 Å². The Labute approximate surface area is 149 Å². The van der Waals surface area contributed by atoms with Gasteiger partial charge in [-0.25, -0.2) is 8.42 Å². The van der Waals surface area contributed by atoms with Crippen LogP contribution in [0.25, 0.3) is 0 Å². The van der Waals surface area contributed by atoms with Gasteiger partial charge in [-0.1, -0.05) is 23.2 Å². The summed E-state index contributed by atoms with van der Waals surface area (Å²) >= 11 is 11.8. The number of rotatable bonds is 5. The van der Waals surface area contributed by atoms with E-state index in [-0.39, 0.29) is 37.8 Å². The zero-order valence-corrected chi connectivity index (χ0v) is 15.1. The molecule has 0 unspecified atom stereocenters. The van der Waals surface area contributed by atoms with Gasteiger partial charge in [-0.3, -0.25) is 9.52 Å². The number of benzene rings is 2. The summed E-state index contributed by atoms with van der Waals surface area (Å²) in [5, 5.41) is 2.71. The summed E-state index contributed by atoms with van der Waals surface area (Å²) in [7, 11) is -1.16. The predicted octanol–water partition coefficient (Wildman–Crippen LogP) is 3.16. The van der Waals surface area contributed by atoms with Gasteiger partial charge in [-0.15, -0.1) is 0 Å². The van der Waals surface area contributed by atoms with Gasteiger partial charge in [-0.2, -0.15) is 0 Å². The molecule has 128 valence electrons. The number of amides is 1. The molecule has 9 heteroatoms. The van der Waals surface area contributed by atoms with Crippen LogP contribution in [-0.2, 0) is 10.0 Å². The Bertz CT molecular complexity index is 885. The van der Waals surface area contributed by atoms with Gasteiger partial charge in [0.05, 0.1) is 17.8 Å². The smallest absolute Gasteiger partial charge is 0.263 e. The Morgan fingerprint density at radius 3 is 2.46 bits per heavy atom. The molecule has 0 bridgehead atoms. The largest absolute Gasteiger partial charge is 0.495 e. The molecule has 0 aliphatic rings. The lowest BCUT2D eigenvalue weighted by atomic mass is 10.2. The predicted molar refractivity (Wildman–Crippen MR) is 93.7 cm³/mol. The van der Waals surface area contributed by atoms with Crippen molar-refractivity contribution in [1.29, 1.82) is 0 Å². The van der Waals surface area contributed by atoms with Crippen LogP contribution in [-0.4, -0.2) is 28.5 Å². The van der Waals surface area contributed by atoms with Gasteiger partial charge < -0.3 is 10.1 Å². The second kappa shape index (κ2) is 7.29. The van der Waals surface area contributed by atoms with Crippen molar-refractivity contribution < 1.29 is 17.9 Å². The number of nitrogens with one attached hydrogen (secondary N) is 2. The Kier molecular flexibility index (Phi) is 5.58. The van der Waals surface area contributed by atoms with Gasteiger partial charge in [0.2, 0.25) is 0 Å². The summed E-state index contributed by atoms with van der Waals surface area (Å²) in [4.78, 5) is 11.6. The molecular formula is C15H14Cl2N2O4S. The van der Waals surface area contributed by atoms with Crippen molar-refractivity contribution in [1.82, 2.24) is 5.32 Å². The Morgan fingerprint density at radius 1 is 1.12 bits per heavy atom. The molecule has 0 aromatic heterocycles. The van der Waals surface area contributed by atoms with E-state index in [4.69, 9.17) is 27.9 Å². The molecule has 0 fully saturated rings. The van der Waals surface area contributed by atoms with Crippen LogP contribution in [0.4, 0.5) is 5.69 Å². The van der Waals surface area contributed by atoms with Crippen LogP contribution in [0.5, 0.6) is 5.75 Å². The molecule has 0 heterocycles. The van der Waals surface area contributed by atoms with Crippen molar-refractivity contribution in [3.8, 4) is 5.75 Å². The van der Waals surface area contributed by atoms with E-state index in [9.17, 15) is 13.2 Å². The molecule has 2 N–H and O–H groups in total. The molecule has 2 aromatic carbocycles. The second-order valence-electron chi connectivity index (χ2n) is 4.67. The molecule has 0 aliphatic heterocycles. The molecule has 0 saturated heterocycles. The lowest BCUT2D eigenvalue weighted by Gasteiger charge is -2.14. The van der Waals surface area contributed by atoms with E-state index in [1.54, 1.807) is 0 Å². The highest BCUT2D eigenvalue weighted by Crippen LogP contribution is 2.31. The second-order valence-corrected chi connectivity index (χ2v) is 7.17. The van der Waals surface area contributed by atoms with E-state index < -0.39 is 10.0 Å². The normalized spacial score (nSPS) is 11.0. The van der Waals surface area contributed by atoms with E-state index >= 15 is 0 Å². The van der Waals surface area contributed by atoms with Crippen molar-refractivity contribution in [2.24, 2.45) is 0 Å². The van der Waals surface area contributed by atoms with Gasteiger partial charge in [-0.05, 0) is 36.4 Å². The minimum atomic E-state index is -4.03.